The molecule has 8 heteroatoms. The molecule has 0 aromatic carbocycles. The average Bonchev–Trinajstić information content (AvgIpc) is 3.06. The highest BCUT2D eigenvalue weighted by Crippen LogP contribution is 2.12. The van der Waals surface area contributed by atoms with Crippen LogP contribution in [0.2, 0.25) is 0 Å². The molecule has 0 rings (SSSR count). The number of allylic oxidation sites excluding steroid dienone is 8. The van der Waals surface area contributed by atoms with Gasteiger partial charge in [-0.25, -0.2) is 4.79 Å². The topological polar surface area (TPSA) is 99.1 Å². The SMILES string of the molecule is CC/C=C/C/C=C/C/C=C/CCCCC(=O)OC(COCCC(C(=O)O)[N+](C)(C)C)COC(=O)CCCCC/C=C/CCCCCCCCC. The van der Waals surface area contributed by atoms with E-state index in [4.69, 9.17) is 14.2 Å². The second kappa shape index (κ2) is 33.4. The Labute approximate surface area is 306 Å². The first-order valence-electron chi connectivity index (χ1n) is 19.7. The van der Waals surface area contributed by atoms with Crippen molar-refractivity contribution in [2.24, 2.45) is 0 Å². The minimum Gasteiger partial charge on any atom is -0.477 e. The number of nitrogens with zero attached hydrogens (tertiary/aromatic N) is 1. The van der Waals surface area contributed by atoms with E-state index in [-0.39, 0.29) is 42.7 Å². The van der Waals surface area contributed by atoms with Crippen LogP contribution in [-0.4, -0.2) is 80.6 Å². The lowest BCUT2D eigenvalue weighted by Gasteiger charge is -2.31. The van der Waals surface area contributed by atoms with Crippen LogP contribution in [0.15, 0.2) is 48.6 Å². The van der Waals surface area contributed by atoms with Crippen LogP contribution in [0.25, 0.3) is 0 Å². The molecular formula is C42H74NO7+. The Morgan fingerprint density at radius 1 is 0.620 bits per heavy atom. The van der Waals surface area contributed by atoms with Crippen molar-refractivity contribution < 1.29 is 38.2 Å². The number of carbonyl (C=O) groups is 3. The van der Waals surface area contributed by atoms with Gasteiger partial charge in [0.05, 0.1) is 34.4 Å². The predicted molar refractivity (Wildman–Crippen MR) is 206 cm³/mol. The lowest BCUT2D eigenvalue weighted by Crippen LogP contribution is -2.50. The number of aliphatic carboxylic acids is 1. The summed E-state index contributed by atoms with van der Waals surface area (Å²) >= 11 is 0. The predicted octanol–water partition coefficient (Wildman–Crippen LogP) is 10.1. The van der Waals surface area contributed by atoms with Gasteiger partial charge < -0.3 is 23.8 Å². The Balaban J connectivity index is 4.49. The van der Waals surface area contributed by atoms with Crippen LogP contribution in [0.5, 0.6) is 0 Å². The molecule has 0 fully saturated rings. The smallest absolute Gasteiger partial charge is 0.362 e. The van der Waals surface area contributed by atoms with Gasteiger partial charge >= 0.3 is 17.9 Å². The summed E-state index contributed by atoms with van der Waals surface area (Å²) in [6, 6.07) is -0.623. The highest BCUT2D eigenvalue weighted by molar-refractivity contribution is 5.72. The Morgan fingerprint density at radius 3 is 1.72 bits per heavy atom. The fourth-order valence-electron chi connectivity index (χ4n) is 5.39. The van der Waals surface area contributed by atoms with E-state index in [1.165, 1.54) is 44.9 Å². The van der Waals surface area contributed by atoms with Gasteiger partial charge in [-0.3, -0.25) is 9.59 Å². The third kappa shape index (κ3) is 31.3. The largest absolute Gasteiger partial charge is 0.477 e. The first-order chi connectivity index (χ1) is 24.1. The zero-order chi connectivity index (χ0) is 37.1. The van der Waals surface area contributed by atoms with Gasteiger partial charge in [-0.15, -0.1) is 0 Å². The summed E-state index contributed by atoms with van der Waals surface area (Å²) in [5.41, 5.74) is 0. The molecule has 2 unspecified atom stereocenters. The number of carbonyl (C=O) groups excluding carboxylic acids is 2. The van der Waals surface area contributed by atoms with Gasteiger partial charge in [0, 0.05) is 19.3 Å². The molecule has 0 amide bonds. The van der Waals surface area contributed by atoms with E-state index in [0.717, 1.165) is 64.2 Å². The average molecular weight is 705 g/mol. The summed E-state index contributed by atoms with van der Waals surface area (Å²) in [6.45, 7) is 4.53. The molecule has 50 heavy (non-hydrogen) atoms. The highest BCUT2D eigenvalue weighted by atomic mass is 16.6. The van der Waals surface area contributed by atoms with Crippen molar-refractivity contribution in [3.8, 4) is 0 Å². The van der Waals surface area contributed by atoms with Gasteiger partial charge in [0.25, 0.3) is 0 Å². The summed E-state index contributed by atoms with van der Waals surface area (Å²) < 4.78 is 17.1. The Morgan fingerprint density at radius 2 is 1.12 bits per heavy atom. The fraction of sp³-hybridized carbons (Fsp3) is 0.738. The molecule has 0 aliphatic heterocycles. The number of hydrogen-bond acceptors (Lipinski definition) is 6. The number of ether oxygens (including phenoxy) is 3. The fourth-order valence-corrected chi connectivity index (χ4v) is 5.39. The zero-order valence-electron chi connectivity index (χ0n) is 32.6. The summed E-state index contributed by atoms with van der Waals surface area (Å²) in [5, 5.41) is 9.58. The van der Waals surface area contributed by atoms with E-state index in [9.17, 15) is 19.5 Å². The molecule has 0 aliphatic carbocycles. The molecule has 0 spiro atoms. The Kier molecular flexibility index (Phi) is 31.6. The zero-order valence-corrected chi connectivity index (χ0v) is 32.6. The van der Waals surface area contributed by atoms with Crippen LogP contribution < -0.4 is 0 Å². The van der Waals surface area contributed by atoms with Crippen molar-refractivity contribution in [2.75, 3.05) is 41.0 Å². The van der Waals surface area contributed by atoms with E-state index >= 15 is 0 Å². The number of esters is 2. The molecule has 8 nitrogen and oxygen atoms in total. The maximum atomic E-state index is 12.6. The number of carboxylic acid groups (broad SMARTS) is 1. The molecule has 0 radical (unpaired) electrons. The van der Waals surface area contributed by atoms with E-state index in [2.05, 4.69) is 62.5 Å². The molecule has 0 saturated heterocycles. The maximum absolute atomic E-state index is 12.6. The van der Waals surface area contributed by atoms with Gasteiger partial charge in [0.15, 0.2) is 12.1 Å². The lowest BCUT2D eigenvalue weighted by molar-refractivity contribution is -0.887. The normalized spacial score (nSPS) is 13.5. The minimum atomic E-state index is -0.885. The minimum absolute atomic E-state index is 0.0399. The van der Waals surface area contributed by atoms with E-state index < -0.39 is 18.1 Å². The summed E-state index contributed by atoms with van der Waals surface area (Å²) in [4.78, 5) is 36.8. The molecule has 288 valence electrons. The van der Waals surface area contributed by atoms with Crippen molar-refractivity contribution in [1.82, 2.24) is 0 Å². The molecule has 0 saturated carbocycles. The summed E-state index contributed by atoms with van der Waals surface area (Å²) in [5.74, 6) is -1.55. The van der Waals surface area contributed by atoms with Crippen LogP contribution in [0.3, 0.4) is 0 Å². The molecule has 1 N–H and O–H groups in total. The second-order valence-electron chi connectivity index (χ2n) is 14.1. The molecule has 2 atom stereocenters. The lowest BCUT2D eigenvalue weighted by atomic mass is 10.1. The van der Waals surface area contributed by atoms with E-state index in [1.54, 1.807) is 0 Å². The first kappa shape index (κ1) is 47.3. The molecular weight excluding hydrogens is 630 g/mol. The molecule has 0 aliphatic rings. The quantitative estimate of drug-likeness (QED) is 0.0308. The molecule has 0 heterocycles. The third-order valence-corrected chi connectivity index (χ3v) is 8.46. The number of rotatable bonds is 34. The number of quaternary nitrogens is 1. The summed E-state index contributed by atoms with van der Waals surface area (Å²) in [7, 11) is 5.49. The summed E-state index contributed by atoms with van der Waals surface area (Å²) in [6.07, 6.45) is 37.3. The molecule has 0 aromatic rings. The van der Waals surface area contributed by atoms with E-state index in [1.807, 2.05) is 21.1 Å². The van der Waals surface area contributed by atoms with Gasteiger partial charge in [-0.05, 0) is 70.6 Å². The van der Waals surface area contributed by atoms with E-state index in [0.29, 0.717) is 19.3 Å². The standard InChI is InChI=1S/C42H73NO7/c1-6-8-10-12-14-16-18-20-21-23-24-26-28-30-32-40(44)49-37-38(36-48-35-34-39(42(46)47)43(3,4)5)50-41(45)33-31-29-27-25-22-19-17-15-13-11-9-7-2/h9,11,15,17,21-23,25,38-39H,6-8,10,12-14,16,18-20,24,26-37H2,1-5H3/p+1/b11-9+,17-15+,23-21+,25-22+. The molecule has 0 bridgehead atoms. The third-order valence-electron chi connectivity index (χ3n) is 8.46. The van der Waals surface area contributed by atoms with Gasteiger partial charge in [-0.2, -0.15) is 0 Å². The van der Waals surface area contributed by atoms with Gasteiger partial charge in [-0.1, -0.05) is 107 Å². The Bertz CT molecular complexity index is 964. The number of unbranched alkanes of at least 4 members (excludes halogenated alkanes) is 12. The van der Waals surface area contributed by atoms with Crippen molar-refractivity contribution in [2.45, 2.75) is 161 Å². The highest BCUT2D eigenvalue weighted by Gasteiger charge is 2.31. The van der Waals surface area contributed by atoms with Crippen molar-refractivity contribution in [3.63, 3.8) is 0 Å². The van der Waals surface area contributed by atoms with Crippen molar-refractivity contribution in [3.05, 3.63) is 48.6 Å². The molecule has 0 aromatic heterocycles. The maximum Gasteiger partial charge on any atom is 0.362 e. The van der Waals surface area contributed by atoms with Gasteiger partial charge in [0.2, 0.25) is 0 Å². The van der Waals surface area contributed by atoms with Gasteiger partial charge in [0.1, 0.15) is 6.61 Å². The number of carboxylic acids is 1. The van der Waals surface area contributed by atoms with Crippen molar-refractivity contribution in [1.29, 1.82) is 0 Å². The van der Waals surface area contributed by atoms with Crippen LogP contribution in [0.4, 0.5) is 0 Å². The number of hydrogen-bond donors (Lipinski definition) is 1. The monoisotopic (exact) mass is 705 g/mol. The van der Waals surface area contributed by atoms with Crippen LogP contribution in [0, 0.1) is 0 Å². The van der Waals surface area contributed by atoms with Crippen LogP contribution >= 0.6 is 0 Å². The van der Waals surface area contributed by atoms with Crippen molar-refractivity contribution >= 4 is 17.9 Å². The first-order valence-corrected chi connectivity index (χ1v) is 19.7. The Hall–Kier alpha value is -2.71. The van der Waals surface area contributed by atoms with Crippen LogP contribution in [-0.2, 0) is 28.6 Å². The number of likely N-dealkylation sites (N-methyl/N-ethyl adjacent to an activating group) is 1. The van der Waals surface area contributed by atoms with Crippen LogP contribution in [0.1, 0.15) is 149 Å². The second-order valence-corrected chi connectivity index (χ2v) is 14.1.